The third-order valence-corrected chi connectivity index (χ3v) is 4.70. The van der Waals surface area contributed by atoms with Gasteiger partial charge >= 0.3 is 0 Å². The molecular weight excluding hydrogens is 302 g/mol. The van der Waals surface area contributed by atoms with Crippen molar-refractivity contribution in [1.29, 1.82) is 0 Å². The summed E-state index contributed by atoms with van der Waals surface area (Å²) in [5.41, 5.74) is 8.00. The predicted molar refractivity (Wildman–Crippen MR) is 93.2 cm³/mol. The van der Waals surface area contributed by atoms with Crippen LogP contribution in [0.15, 0.2) is 23.1 Å². The maximum Gasteiger partial charge on any atom is 0.217 e. The predicted octanol–water partition coefficient (Wildman–Crippen LogP) is 2.15. The third-order valence-electron chi connectivity index (χ3n) is 3.71. The van der Waals surface area contributed by atoms with E-state index >= 15 is 0 Å². The molecule has 0 saturated carbocycles. The van der Waals surface area contributed by atoms with Crippen molar-refractivity contribution < 1.29 is 4.79 Å². The Kier molecular flexibility index (Phi) is 5.47. The van der Waals surface area contributed by atoms with Gasteiger partial charge in [-0.05, 0) is 31.2 Å². The molecule has 21 heavy (non-hydrogen) atoms. The van der Waals surface area contributed by atoms with Crippen molar-refractivity contribution in [3.05, 3.63) is 23.8 Å². The number of nitrogens with two attached hydrogens (primary N) is 1. The van der Waals surface area contributed by atoms with E-state index in [0.29, 0.717) is 4.99 Å². The maximum absolute atomic E-state index is 11.1. The van der Waals surface area contributed by atoms with Crippen molar-refractivity contribution in [2.45, 2.75) is 30.7 Å². The lowest BCUT2D eigenvalue weighted by molar-refractivity contribution is -0.119. The van der Waals surface area contributed by atoms with Gasteiger partial charge in [0, 0.05) is 42.2 Å². The monoisotopic (exact) mass is 323 g/mol. The highest BCUT2D eigenvalue weighted by atomic mass is 32.2. The van der Waals surface area contributed by atoms with Gasteiger partial charge in [0.2, 0.25) is 5.91 Å². The van der Waals surface area contributed by atoms with Gasteiger partial charge in [-0.1, -0.05) is 18.3 Å². The van der Waals surface area contributed by atoms with Crippen LogP contribution in [0.4, 0.5) is 5.69 Å². The number of piperidine rings is 1. The van der Waals surface area contributed by atoms with Crippen LogP contribution in [0.25, 0.3) is 0 Å². The number of carbonyl (C=O) groups excluding carboxylic acids is 1. The minimum Gasteiger partial charge on any atom is -0.389 e. The molecule has 0 unspecified atom stereocenters. The molecule has 1 aromatic carbocycles. The second-order valence-electron chi connectivity index (χ2n) is 5.18. The number of amides is 1. The standard InChI is InChI=1S/C15H21N3OS2/c1-10(19)17-11-6-8-18(9-7-11)12-4-3-5-13(21-2)14(12)15(16)20/h3-5,11H,6-9H2,1-2H3,(H2,16,20)(H,17,19). The number of thioether (sulfide) groups is 1. The smallest absolute Gasteiger partial charge is 0.217 e. The van der Waals surface area contributed by atoms with E-state index in [4.69, 9.17) is 18.0 Å². The second-order valence-corrected chi connectivity index (χ2v) is 6.47. The topological polar surface area (TPSA) is 58.4 Å². The van der Waals surface area contributed by atoms with E-state index < -0.39 is 0 Å². The van der Waals surface area contributed by atoms with Crippen LogP contribution >= 0.6 is 24.0 Å². The zero-order valence-corrected chi connectivity index (χ0v) is 14.0. The van der Waals surface area contributed by atoms with E-state index in [1.165, 1.54) is 0 Å². The molecule has 1 heterocycles. The first-order valence-electron chi connectivity index (χ1n) is 7.01. The fourth-order valence-electron chi connectivity index (χ4n) is 2.75. The Balaban J connectivity index is 2.17. The minimum atomic E-state index is 0.0432. The third kappa shape index (κ3) is 3.89. The summed E-state index contributed by atoms with van der Waals surface area (Å²) in [7, 11) is 0. The van der Waals surface area contributed by atoms with Gasteiger partial charge in [0.15, 0.2) is 0 Å². The highest BCUT2D eigenvalue weighted by Gasteiger charge is 2.23. The minimum absolute atomic E-state index is 0.0432. The lowest BCUT2D eigenvalue weighted by Crippen LogP contribution is -2.44. The number of anilines is 1. The van der Waals surface area contributed by atoms with Crippen molar-refractivity contribution in [2.75, 3.05) is 24.2 Å². The van der Waals surface area contributed by atoms with Gasteiger partial charge in [-0.25, -0.2) is 0 Å². The summed E-state index contributed by atoms with van der Waals surface area (Å²) in [5, 5.41) is 2.99. The summed E-state index contributed by atoms with van der Waals surface area (Å²) >= 11 is 6.89. The Bertz CT molecular complexity index is 540. The fourth-order valence-corrected chi connectivity index (χ4v) is 3.67. The van der Waals surface area contributed by atoms with Crippen molar-refractivity contribution in [3.8, 4) is 0 Å². The normalized spacial score (nSPS) is 15.8. The number of thiocarbonyl (C=S) groups is 1. The van der Waals surface area contributed by atoms with Gasteiger partial charge in [-0.3, -0.25) is 4.79 Å². The summed E-state index contributed by atoms with van der Waals surface area (Å²) in [4.78, 5) is 15.0. The molecule has 0 aliphatic carbocycles. The number of nitrogens with one attached hydrogen (secondary N) is 1. The first-order valence-corrected chi connectivity index (χ1v) is 8.65. The molecule has 4 nitrogen and oxygen atoms in total. The first kappa shape index (κ1) is 16.1. The molecule has 1 aliphatic heterocycles. The summed E-state index contributed by atoms with van der Waals surface area (Å²) in [6.45, 7) is 3.37. The van der Waals surface area contributed by atoms with E-state index in [1.807, 2.05) is 18.4 Å². The second kappa shape index (κ2) is 7.13. The average molecular weight is 323 g/mol. The van der Waals surface area contributed by atoms with Crippen LogP contribution in [0, 0.1) is 0 Å². The molecular formula is C15H21N3OS2. The molecule has 0 spiro atoms. The number of hydrogen-bond donors (Lipinski definition) is 2. The zero-order valence-electron chi connectivity index (χ0n) is 12.4. The van der Waals surface area contributed by atoms with Gasteiger partial charge in [0.1, 0.15) is 4.99 Å². The molecule has 1 amide bonds. The summed E-state index contributed by atoms with van der Waals surface area (Å²) < 4.78 is 0. The highest BCUT2D eigenvalue weighted by molar-refractivity contribution is 7.98. The quantitative estimate of drug-likeness (QED) is 0.657. The van der Waals surface area contributed by atoms with Crippen molar-refractivity contribution >= 4 is 40.6 Å². The Labute approximate surface area is 135 Å². The molecule has 0 aromatic heterocycles. The molecule has 3 N–H and O–H groups in total. The number of rotatable bonds is 4. The van der Waals surface area contributed by atoms with Crippen LogP contribution in [0.3, 0.4) is 0 Å². The molecule has 1 aromatic rings. The molecule has 6 heteroatoms. The highest BCUT2D eigenvalue weighted by Crippen LogP contribution is 2.31. The van der Waals surface area contributed by atoms with Crippen LogP contribution in [0.1, 0.15) is 25.3 Å². The lowest BCUT2D eigenvalue weighted by Gasteiger charge is -2.35. The molecule has 0 bridgehead atoms. The SMILES string of the molecule is CSc1cccc(N2CCC(NC(C)=O)CC2)c1C(N)=S. The molecule has 1 aliphatic rings. The van der Waals surface area contributed by atoms with E-state index in [9.17, 15) is 4.79 Å². The average Bonchev–Trinajstić information content (AvgIpc) is 2.46. The lowest BCUT2D eigenvalue weighted by atomic mass is 10.0. The molecule has 2 rings (SSSR count). The first-order chi connectivity index (χ1) is 10.0. The zero-order chi connectivity index (χ0) is 15.4. The Hall–Kier alpha value is -1.27. The fraction of sp³-hybridized carbons (Fsp3) is 0.467. The molecule has 114 valence electrons. The van der Waals surface area contributed by atoms with Crippen LogP contribution in [0.2, 0.25) is 0 Å². The number of benzene rings is 1. The van der Waals surface area contributed by atoms with Gasteiger partial charge in [0.05, 0.1) is 0 Å². The number of carbonyl (C=O) groups is 1. The summed E-state index contributed by atoms with van der Waals surface area (Å²) in [5.74, 6) is 0.0432. The largest absolute Gasteiger partial charge is 0.389 e. The Morgan fingerprint density at radius 2 is 2.10 bits per heavy atom. The van der Waals surface area contributed by atoms with Gasteiger partial charge < -0.3 is 16.0 Å². The summed E-state index contributed by atoms with van der Waals surface area (Å²) in [6.07, 6.45) is 3.92. The van der Waals surface area contributed by atoms with E-state index in [-0.39, 0.29) is 11.9 Å². The van der Waals surface area contributed by atoms with Crippen molar-refractivity contribution in [3.63, 3.8) is 0 Å². The van der Waals surface area contributed by atoms with Crippen LogP contribution in [0.5, 0.6) is 0 Å². The van der Waals surface area contributed by atoms with Crippen LogP contribution in [-0.2, 0) is 4.79 Å². The number of nitrogens with zero attached hydrogens (tertiary/aromatic N) is 1. The van der Waals surface area contributed by atoms with E-state index in [0.717, 1.165) is 42.1 Å². The Morgan fingerprint density at radius 1 is 1.43 bits per heavy atom. The number of hydrogen-bond acceptors (Lipinski definition) is 4. The van der Waals surface area contributed by atoms with Gasteiger partial charge in [0.25, 0.3) is 0 Å². The van der Waals surface area contributed by atoms with Gasteiger partial charge in [-0.15, -0.1) is 11.8 Å². The Morgan fingerprint density at radius 3 is 2.62 bits per heavy atom. The molecule has 0 radical (unpaired) electrons. The van der Waals surface area contributed by atoms with Crippen molar-refractivity contribution in [2.24, 2.45) is 5.73 Å². The van der Waals surface area contributed by atoms with Crippen LogP contribution in [-0.4, -0.2) is 36.3 Å². The van der Waals surface area contributed by atoms with E-state index in [1.54, 1.807) is 18.7 Å². The van der Waals surface area contributed by atoms with Gasteiger partial charge in [-0.2, -0.15) is 0 Å². The molecule has 1 saturated heterocycles. The maximum atomic E-state index is 11.1. The summed E-state index contributed by atoms with van der Waals surface area (Å²) in [6, 6.07) is 6.44. The van der Waals surface area contributed by atoms with E-state index in [2.05, 4.69) is 16.3 Å². The molecule has 0 atom stereocenters. The molecule has 1 fully saturated rings. The van der Waals surface area contributed by atoms with Crippen LogP contribution < -0.4 is 16.0 Å². The van der Waals surface area contributed by atoms with Crippen molar-refractivity contribution in [1.82, 2.24) is 5.32 Å².